The molecule has 1 unspecified atom stereocenters. The van der Waals surface area contributed by atoms with Gasteiger partial charge < -0.3 is 14.2 Å². The lowest BCUT2D eigenvalue weighted by molar-refractivity contribution is -0.167. The van der Waals surface area contributed by atoms with Crippen molar-refractivity contribution in [2.75, 3.05) is 13.2 Å². The van der Waals surface area contributed by atoms with Gasteiger partial charge in [-0.25, -0.2) is 0 Å². The normalized spacial score (nSPS) is 12.9. The van der Waals surface area contributed by atoms with Crippen molar-refractivity contribution >= 4 is 17.9 Å². The van der Waals surface area contributed by atoms with Gasteiger partial charge in [0.25, 0.3) is 0 Å². The molecule has 0 heterocycles. The van der Waals surface area contributed by atoms with E-state index in [-0.39, 0.29) is 37.5 Å². The van der Waals surface area contributed by atoms with E-state index in [1.807, 2.05) is 0 Å². The van der Waals surface area contributed by atoms with Crippen LogP contribution in [0.15, 0.2) is 122 Å². The molecule has 1 atom stereocenters. The molecule has 0 N–H and O–H groups in total. The Hall–Kier alpha value is -4.19. The number of hydrogen-bond donors (Lipinski definition) is 0. The standard InChI is InChI=1S/C71H118O6/c1-4-7-10-13-15-17-19-21-23-25-27-29-31-33-34-35-36-38-39-41-43-45-47-49-51-53-55-58-61-64-70(73)76-67-68(66-75-69(72)63-60-57-12-9-6-3)77-71(74)65-62-59-56-54-52-50-48-46-44-42-40-37-32-30-28-26-24-22-20-18-16-14-11-8-5-2/h7,10,15,17,21,23,26-29,33-34,36,38,41,43,47,49,53,55,68H,4-6,8-9,11-14,16,18-20,22,24-25,30-32,35,37,39-40,42,44-46,48,50-52,54,56-67H2,1-3H3/b10-7-,17-15-,23-21-,28-26-,29-27-,34-33-,38-36-,43-41-,49-47-,55-53-. The summed E-state index contributed by atoms with van der Waals surface area (Å²) >= 11 is 0. The Morgan fingerprint density at radius 3 is 0.857 bits per heavy atom. The highest BCUT2D eigenvalue weighted by atomic mass is 16.6. The molecule has 6 nitrogen and oxygen atoms in total. The van der Waals surface area contributed by atoms with E-state index in [0.29, 0.717) is 19.3 Å². The van der Waals surface area contributed by atoms with Gasteiger partial charge in [0.15, 0.2) is 6.10 Å². The van der Waals surface area contributed by atoms with Crippen LogP contribution < -0.4 is 0 Å². The van der Waals surface area contributed by atoms with Crippen LogP contribution in [0.3, 0.4) is 0 Å². The van der Waals surface area contributed by atoms with Crippen LogP contribution in [0.5, 0.6) is 0 Å². The van der Waals surface area contributed by atoms with Gasteiger partial charge in [-0.3, -0.25) is 14.4 Å². The molecule has 0 aromatic rings. The number of ether oxygens (including phenoxy) is 3. The Labute approximate surface area is 475 Å². The van der Waals surface area contributed by atoms with Gasteiger partial charge in [-0.2, -0.15) is 0 Å². The minimum absolute atomic E-state index is 0.0978. The van der Waals surface area contributed by atoms with E-state index < -0.39 is 6.10 Å². The fourth-order valence-corrected chi connectivity index (χ4v) is 8.67. The molecule has 6 heteroatoms. The molecular weight excluding hydrogens is 949 g/mol. The quantitative estimate of drug-likeness (QED) is 0.0261. The fraction of sp³-hybridized carbons (Fsp3) is 0.676. The molecule has 0 aliphatic heterocycles. The summed E-state index contributed by atoms with van der Waals surface area (Å²) in [5.41, 5.74) is 0. The molecule has 0 fully saturated rings. The summed E-state index contributed by atoms with van der Waals surface area (Å²) in [6, 6.07) is 0. The maximum atomic E-state index is 12.8. The molecule has 0 aliphatic carbocycles. The van der Waals surface area contributed by atoms with Crippen molar-refractivity contribution in [1.29, 1.82) is 0 Å². The van der Waals surface area contributed by atoms with Crippen LogP contribution >= 0.6 is 0 Å². The number of rotatable bonds is 57. The molecule has 438 valence electrons. The minimum atomic E-state index is -0.801. The molecule has 0 aliphatic rings. The molecule has 0 radical (unpaired) electrons. The van der Waals surface area contributed by atoms with Gasteiger partial charge in [0.05, 0.1) is 0 Å². The van der Waals surface area contributed by atoms with Crippen LogP contribution in [0, 0.1) is 0 Å². The lowest BCUT2D eigenvalue weighted by Crippen LogP contribution is -2.30. The first-order valence-electron chi connectivity index (χ1n) is 32.0. The van der Waals surface area contributed by atoms with Crippen molar-refractivity contribution in [3.63, 3.8) is 0 Å². The molecular formula is C71H118O6. The molecule has 0 saturated heterocycles. The number of carbonyl (C=O) groups excluding carboxylic acids is 3. The predicted octanol–water partition coefficient (Wildman–Crippen LogP) is 22.0. The topological polar surface area (TPSA) is 78.9 Å². The first-order chi connectivity index (χ1) is 38.0. The number of unbranched alkanes of at least 4 members (excludes halogenated alkanes) is 26. The molecule has 0 aromatic heterocycles. The Morgan fingerprint density at radius 1 is 0.273 bits per heavy atom. The van der Waals surface area contributed by atoms with Gasteiger partial charge in [0.1, 0.15) is 13.2 Å². The van der Waals surface area contributed by atoms with Crippen LogP contribution in [0.25, 0.3) is 0 Å². The molecule has 0 amide bonds. The zero-order valence-electron chi connectivity index (χ0n) is 50.2. The molecule has 0 aromatic carbocycles. The highest BCUT2D eigenvalue weighted by Gasteiger charge is 2.19. The van der Waals surface area contributed by atoms with E-state index in [1.54, 1.807) is 0 Å². The summed E-state index contributed by atoms with van der Waals surface area (Å²) in [5, 5.41) is 0. The summed E-state index contributed by atoms with van der Waals surface area (Å²) in [6.45, 7) is 6.40. The molecule has 0 spiro atoms. The van der Waals surface area contributed by atoms with E-state index in [2.05, 4.69) is 142 Å². The Morgan fingerprint density at radius 2 is 0.519 bits per heavy atom. The second-order valence-corrected chi connectivity index (χ2v) is 20.9. The Balaban J connectivity index is 4.17. The summed E-state index contributed by atoms with van der Waals surface area (Å²) in [4.78, 5) is 37.9. The minimum Gasteiger partial charge on any atom is -0.462 e. The molecule has 0 rings (SSSR count). The third kappa shape index (κ3) is 62.5. The number of esters is 3. The zero-order valence-corrected chi connectivity index (χ0v) is 50.2. The first-order valence-corrected chi connectivity index (χ1v) is 32.0. The average molecular weight is 1070 g/mol. The third-order valence-corrected chi connectivity index (χ3v) is 13.5. The van der Waals surface area contributed by atoms with E-state index in [4.69, 9.17) is 14.2 Å². The van der Waals surface area contributed by atoms with Crippen LogP contribution in [0.1, 0.15) is 290 Å². The molecule has 77 heavy (non-hydrogen) atoms. The van der Waals surface area contributed by atoms with Gasteiger partial charge in [-0.1, -0.05) is 284 Å². The fourth-order valence-electron chi connectivity index (χ4n) is 8.67. The second kappa shape index (κ2) is 64.3. The van der Waals surface area contributed by atoms with Gasteiger partial charge in [0, 0.05) is 19.3 Å². The van der Waals surface area contributed by atoms with Crippen molar-refractivity contribution < 1.29 is 28.6 Å². The van der Waals surface area contributed by atoms with E-state index in [9.17, 15) is 14.4 Å². The van der Waals surface area contributed by atoms with Crippen LogP contribution in [-0.2, 0) is 28.6 Å². The van der Waals surface area contributed by atoms with E-state index >= 15 is 0 Å². The number of hydrogen-bond acceptors (Lipinski definition) is 6. The Kier molecular flexibility index (Phi) is 60.8. The lowest BCUT2D eigenvalue weighted by Gasteiger charge is -2.18. The van der Waals surface area contributed by atoms with Crippen LogP contribution in [0.4, 0.5) is 0 Å². The maximum absolute atomic E-state index is 12.8. The van der Waals surface area contributed by atoms with Crippen LogP contribution in [0.2, 0.25) is 0 Å². The van der Waals surface area contributed by atoms with Crippen LogP contribution in [-0.4, -0.2) is 37.2 Å². The summed E-state index contributed by atoms with van der Waals surface area (Å²) in [7, 11) is 0. The molecule has 0 bridgehead atoms. The number of carbonyl (C=O) groups is 3. The number of allylic oxidation sites excluding steroid dienone is 20. The van der Waals surface area contributed by atoms with Crippen molar-refractivity contribution in [2.45, 2.75) is 297 Å². The van der Waals surface area contributed by atoms with Crippen molar-refractivity contribution in [1.82, 2.24) is 0 Å². The summed E-state index contributed by atoms with van der Waals surface area (Å²) in [6.07, 6.45) is 89.8. The second-order valence-electron chi connectivity index (χ2n) is 20.9. The first kappa shape index (κ1) is 72.8. The monoisotopic (exact) mass is 1070 g/mol. The highest BCUT2D eigenvalue weighted by Crippen LogP contribution is 2.16. The van der Waals surface area contributed by atoms with E-state index in [0.717, 1.165) is 116 Å². The summed E-state index contributed by atoms with van der Waals surface area (Å²) in [5.74, 6) is -0.972. The summed E-state index contributed by atoms with van der Waals surface area (Å²) < 4.78 is 16.7. The van der Waals surface area contributed by atoms with E-state index in [1.165, 1.54) is 128 Å². The van der Waals surface area contributed by atoms with Gasteiger partial charge in [0.2, 0.25) is 0 Å². The Bertz CT molecular complexity index is 1600. The zero-order chi connectivity index (χ0) is 55.7. The van der Waals surface area contributed by atoms with Gasteiger partial charge >= 0.3 is 17.9 Å². The predicted molar refractivity (Wildman–Crippen MR) is 334 cm³/mol. The third-order valence-electron chi connectivity index (χ3n) is 13.5. The largest absolute Gasteiger partial charge is 0.462 e. The smallest absolute Gasteiger partial charge is 0.306 e. The van der Waals surface area contributed by atoms with Crippen molar-refractivity contribution in [3.8, 4) is 0 Å². The lowest BCUT2D eigenvalue weighted by atomic mass is 10.0. The van der Waals surface area contributed by atoms with Crippen molar-refractivity contribution in [2.24, 2.45) is 0 Å². The van der Waals surface area contributed by atoms with Gasteiger partial charge in [-0.05, 0) is 109 Å². The maximum Gasteiger partial charge on any atom is 0.306 e. The molecule has 0 saturated carbocycles. The highest BCUT2D eigenvalue weighted by molar-refractivity contribution is 5.71. The van der Waals surface area contributed by atoms with Crippen molar-refractivity contribution in [3.05, 3.63) is 122 Å². The average Bonchev–Trinajstić information content (AvgIpc) is 3.43. The van der Waals surface area contributed by atoms with Gasteiger partial charge in [-0.15, -0.1) is 0 Å². The SMILES string of the molecule is CC/C=C\C/C=C\C/C=C\C/C=C\C/C=C\C/C=C\C/C=C\C/C=C\C/C=C\CCCC(=O)OCC(COC(=O)CCCCCCC)OC(=O)CCCCCCCCCCCCCCC/C=C\CCCCCCCCCC.